The van der Waals surface area contributed by atoms with Crippen molar-refractivity contribution in [2.24, 2.45) is 4.99 Å². The van der Waals surface area contributed by atoms with Crippen LogP contribution in [0.2, 0.25) is 0 Å². The minimum atomic E-state index is -4.34. The number of nitrogens with zero attached hydrogens (tertiary/aromatic N) is 2. The molecule has 15 heavy (non-hydrogen) atoms. The first-order chi connectivity index (χ1) is 6.93. The van der Waals surface area contributed by atoms with Gasteiger partial charge in [0.1, 0.15) is 11.8 Å². The summed E-state index contributed by atoms with van der Waals surface area (Å²) in [6, 6.07) is 6.11. The van der Waals surface area contributed by atoms with Gasteiger partial charge < -0.3 is 0 Å². The summed E-state index contributed by atoms with van der Waals surface area (Å²) in [6.45, 7) is 1.48. The van der Waals surface area contributed by atoms with Crippen LogP contribution in [-0.4, -0.2) is 5.71 Å². The van der Waals surface area contributed by atoms with Gasteiger partial charge in [0.2, 0.25) is 0 Å². The Balaban J connectivity index is 2.97. The molecule has 0 atom stereocenters. The highest BCUT2D eigenvalue weighted by Crippen LogP contribution is 2.30. The maximum absolute atomic E-state index is 12.2. The van der Waals surface area contributed by atoms with E-state index >= 15 is 0 Å². The third kappa shape index (κ3) is 3.09. The molecular formula is C10H7F3N2. The molecule has 0 fully saturated rings. The summed E-state index contributed by atoms with van der Waals surface area (Å²) in [4.78, 5) is 3.79. The highest BCUT2D eigenvalue weighted by Gasteiger charge is 2.29. The number of hydrogen-bond acceptors (Lipinski definition) is 2. The monoisotopic (exact) mass is 212 g/mol. The van der Waals surface area contributed by atoms with Crippen LogP contribution in [0, 0.1) is 11.3 Å². The van der Waals surface area contributed by atoms with Crippen LogP contribution in [0.4, 0.5) is 18.9 Å². The third-order valence-electron chi connectivity index (χ3n) is 1.65. The van der Waals surface area contributed by atoms with Crippen molar-refractivity contribution in [3.63, 3.8) is 0 Å². The summed E-state index contributed by atoms with van der Waals surface area (Å²) in [5, 5.41) is 8.42. The molecule has 0 bridgehead atoms. The standard InChI is InChI=1S/C10H7F3N2/c1-7(6-14)15-9-4-2-8(3-5-9)10(11,12)13/h2-5H,1H3. The molecule has 0 aromatic heterocycles. The van der Waals surface area contributed by atoms with Gasteiger partial charge in [0.25, 0.3) is 0 Å². The van der Waals surface area contributed by atoms with Gasteiger partial charge in [-0.1, -0.05) is 0 Å². The molecule has 0 aliphatic rings. The fraction of sp³-hybridized carbons (Fsp3) is 0.200. The second kappa shape index (κ2) is 4.13. The van der Waals surface area contributed by atoms with Crippen molar-refractivity contribution in [3.8, 4) is 6.07 Å². The zero-order chi connectivity index (χ0) is 11.5. The molecule has 2 nitrogen and oxygen atoms in total. The molecule has 1 aromatic rings. The SMILES string of the molecule is CC(C#N)=Nc1ccc(C(F)(F)F)cc1. The molecule has 0 N–H and O–H groups in total. The van der Waals surface area contributed by atoms with E-state index in [2.05, 4.69) is 4.99 Å². The Morgan fingerprint density at radius 1 is 1.27 bits per heavy atom. The zero-order valence-electron chi connectivity index (χ0n) is 7.84. The average Bonchev–Trinajstić information content (AvgIpc) is 2.17. The van der Waals surface area contributed by atoms with E-state index in [1.54, 1.807) is 6.07 Å². The number of rotatable bonds is 1. The third-order valence-corrected chi connectivity index (χ3v) is 1.65. The van der Waals surface area contributed by atoms with Crippen molar-refractivity contribution < 1.29 is 13.2 Å². The molecule has 0 saturated carbocycles. The second-order valence-corrected chi connectivity index (χ2v) is 2.85. The molecule has 5 heteroatoms. The topological polar surface area (TPSA) is 36.1 Å². The molecule has 78 valence electrons. The first-order valence-electron chi connectivity index (χ1n) is 4.06. The summed E-state index contributed by atoms with van der Waals surface area (Å²) < 4.78 is 36.5. The molecule has 0 saturated heterocycles. The van der Waals surface area contributed by atoms with Crippen molar-refractivity contribution in [2.45, 2.75) is 13.1 Å². The molecule has 0 spiro atoms. The molecule has 0 aliphatic carbocycles. The van der Waals surface area contributed by atoms with E-state index in [1.807, 2.05) is 0 Å². The molecular weight excluding hydrogens is 205 g/mol. The van der Waals surface area contributed by atoms with E-state index in [-0.39, 0.29) is 5.71 Å². The molecule has 0 amide bonds. The molecule has 0 unspecified atom stereocenters. The van der Waals surface area contributed by atoms with E-state index in [4.69, 9.17) is 5.26 Å². The lowest BCUT2D eigenvalue weighted by Gasteiger charge is -2.05. The summed E-state index contributed by atoms with van der Waals surface area (Å²) in [5.41, 5.74) is -0.187. The number of aliphatic imine (C=N–C) groups is 1. The molecule has 1 rings (SSSR count). The van der Waals surface area contributed by atoms with Crippen molar-refractivity contribution in [1.29, 1.82) is 5.26 Å². The minimum absolute atomic E-state index is 0.203. The maximum Gasteiger partial charge on any atom is 0.416 e. The van der Waals surface area contributed by atoms with Crippen LogP contribution >= 0.6 is 0 Å². The highest BCUT2D eigenvalue weighted by molar-refractivity contribution is 5.97. The van der Waals surface area contributed by atoms with Crippen LogP contribution < -0.4 is 0 Å². The van der Waals surface area contributed by atoms with Crippen LogP contribution in [0.25, 0.3) is 0 Å². The Morgan fingerprint density at radius 2 is 1.80 bits per heavy atom. The lowest BCUT2D eigenvalue weighted by molar-refractivity contribution is -0.137. The average molecular weight is 212 g/mol. The molecule has 0 aliphatic heterocycles. The molecule has 0 heterocycles. The summed E-state index contributed by atoms with van der Waals surface area (Å²) in [7, 11) is 0. The van der Waals surface area contributed by atoms with Crippen LogP contribution in [-0.2, 0) is 6.18 Å². The largest absolute Gasteiger partial charge is 0.416 e. The predicted molar refractivity (Wildman–Crippen MR) is 49.8 cm³/mol. The van der Waals surface area contributed by atoms with Crippen molar-refractivity contribution >= 4 is 11.4 Å². The Bertz CT molecular complexity index is 410. The van der Waals surface area contributed by atoms with Crippen LogP contribution in [0.5, 0.6) is 0 Å². The van der Waals surface area contributed by atoms with Gasteiger partial charge in [0, 0.05) is 0 Å². The van der Waals surface area contributed by atoms with Gasteiger partial charge in [-0.2, -0.15) is 18.4 Å². The zero-order valence-corrected chi connectivity index (χ0v) is 7.84. The fourth-order valence-electron chi connectivity index (χ4n) is 0.944. The number of alkyl halides is 3. The molecule has 1 aromatic carbocycles. The summed E-state index contributed by atoms with van der Waals surface area (Å²) in [5.74, 6) is 0. The highest BCUT2D eigenvalue weighted by atomic mass is 19.4. The number of nitriles is 1. The predicted octanol–water partition coefficient (Wildman–Crippen LogP) is 3.32. The summed E-state index contributed by atoms with van der Waals surface area (Å²) >= 11 is 0. The smallest absolute Gasteiger partial charge is 0.243 e. The van der Waals surface area contributed by atoms with E-state index in [1.165, 1.54) is 19.1 Å². The lowest BCUT2D eigenvalue weighted by Crippen LogP contribution is -2.03. The van der Waals surface area contributed by atoms with Gasteiger partial charge in [-0.3, -0.25) is 0 Å². The Morgan fingerprint density at radius 3 is 2.20 bits per heavy atom. The van der Waals surface area contributed by atoms with Crippen molar-refractivity contribution in [3.05, 3.63) is 29.8 Å². The van der Waals surface area contributed by atoms with Crippen LogP contribution in [0.1, 0.15) is 12.5 Å². The lowest BCUT2D eigenvalue weighted by atomic mass is 10.2. The minimum Gasteiger partial charge on any atom is -0.243 e. The van der Waals surface area contributed by atoms with Crippen LogP contribution in [0.3, 0.4) is 0 Å². The van der Waals surface area contributed by atoms with Gasteiger partial charge in [0.05, 0.1) is 11.3 Å². The number of benzene rings is 1. The van der Waals surface area contributed by atoms with E-state index in [0.717, 1.165) is 12.1 Å². The van der Waals surface area contributed by atoms with Gasteiger partial charge in [-0.15, -0.1) is 0 Å². The normalized spacial score (nSPS) is 12.3. The van der Waals surface area contributed by atoms with Crippen molar-refractivity contribution in [1.82, 2.24) is 0 Å². The maximum atomic E-state index is 12.2. The van der Waals surface area contributed by atoms with E-state index in [9.17, 15) is 13.2 Å². The van der Waals surface area contributed by atoms with Gasteiger partial charge in [-0.05, 0) is 31.2 Å². The Kier molecular flexibility index (Phi) is 3.10. The van der Waals surface area contributed by atoms with E-state index in [0.29, 0.717) is 5.69 Å². The molecule has 0 radical (unpaired) electrons. The van der Waals surface area contributed by atoms with Gasteiger partial charge in [-0.25, -0.2) is 4.99 Å². The first kappa shape index (κ1) is 11.2. The van der Waals surface area contributed by atoms with Crippen molar-refractivity contribution in [2.75, 3.05) is 0 Å². The Labute approximate surface area is 84.7 Å². The van der Waals surface area contributed by atoms with Gasteiger partial charge in [0.15, 0.2) is 0 Å². The Hall–Kier alpha value is -1.83. The number of halogens is 3. The van der Waals surface area contributed by atoms with E-state index < -0.39 is 11.7 Å². The first-order valence-corrected chi connectivity index (χ1v) is 4.06. The van der Waals surface area contributed by atoms with Gasteiger partial charge >= 0.3 is 6.18 Å². The second-order valence-electron chi connectivity index (χ2n) is 2.85. The van der Waals surface area contributed by atoms with Crippen LogP contribution in [0.15, 0.2) is 29.3 Å². The fourth-order valence-corrected chi connectivity index (χ4v) is 0.944. The summed E-state index contributed by atoms with van der Waals surface area (Å²) in [6.07, 6.45) is -4.34. The number of hydrogen-bond donors (Lipinski definition) is 0. The quantitative estimate of drug-likeness (QED) is 0.657.